The third-order valence-corrected chi connectivity index (χ3v) is 3.95. The van der Waals surface area contributed by atoms with Crippen LogP contribution >= 0.6 is 0 Å². The Morgan fingerprint density at radius 2 is 1.87 bits per heavy atom. The molecule has 0 bridgehead atoms. The Morgan fingerprint density at radius 3 is 2.48 bits per heavy atom. The maximum absolute atomic E-state index is 12.2. The summed E-state index contributed by atoms with van der Waals surface area (Å²) in [6.45, 7) is 3.11. The van der Waals surface area contributed by atoms with Crippen molar-refractivity contribution in [3.8, 4) is 11.5 Å². The van der Waals surface area contributed by atoms with Crippen molar-refractivity contribution in [1.82, 2.24) is 10.2 Å². The van der Waals surface area contributed by atoms with Crippen LogP contribution in [0.15, 0.2) is 24.3 Å². The number of nitrogens with one attached hydrogen (secondary N) is 1. The van der Waals surface area contributed by atoms with Gasteiger partial charge in [0, 0.05) is 25.6 Å². The number of methoxy groups -OCH3 is 1. The highest BCUT2D eigenvalue weighted by Crippen LogP contribution is 2.25. The predicted molar refractivity (Wildman–Crippen MR) is 86.5 cm³/mol. The first kappa shape index (κ1) is 17.1. The van der Waals surface area contributed by atoms with Crippen LogP contribution in [0.3, 0.4) is 0 Å². The highest BCUT2D eigenvalue weighted by Gasteiger charge is 2.23. The molecule has 2 rings (SSSR count). The minimum atomic E-state index is -0.0452. The van der Waals surface area contributed by atoms with Crippen LogP contribution in [0.4, 0.5) is 0 Å². The van der Waals surface area contributed by atoms with Crippen LogP contribution in [0.25, 0.3) is 0 Å². The Balaban J connectivity index is 1.78. The summed E-state index contributed by atoms with van der Waals surface area (Å²) >= 11 is 0. The number of carbonyl (C=O) groups is 2. The predicted octanol–water partition coefficient (Wildman–Crippen LogP) is 1.59. The summed E-state index contributed by atoms with van der Waals surface area (Å²) in [4.78, 5) is 25.4. The molecule has 23 heavy (non-hydrogen) atoms. The lowest BCUT2D eigenvalue weighted by atomic mass is 10.0. The number of amides is 2. The van der Waals surface area contributed by atoms with E-state index in [1.54, 1.807) is 24.1 Å². The molecule has 0 saturated carbocycles. The van der Waals surface area contributed by atoms with Crippen LogP contribution in [0, 0.1) is 0 Å². The topological polar surface area (TPSA) is 67.9 Å². The third-order valence-electron chi connectivity index (χ3n) is 3.95. The van der Waals surface area contributed by atoms with Gasteiger partial charge in [0.15, 0.2) is 18.1 Å². The van der Waals surface area contributed by atoms with Gasteiger partial charge in [-0.15, -0.1) is 0 Å². The standard InChI is InChI=1S/C17H24N2O4/c1-3-16(20)18-13-8-10-19(11-9-13)17(21)12-23-15-7-5-4-6-14(15)22-2/h4-7,13H,3,8-12H2,1-2H3,(H,18,20). The van der Waals surface area contributed by atoms with E-state index in [0.29, 0.717) is 31.0 Å². The Bertz CT molecular complexity index is 539. The Labute approximate surface area is 136 Å². The Kier molecular flexibility index (Phi) is 6.26. The molecule has 0 atom stereocenters. The van der Waals surface area contributed by atoms with Crippen molar-refractivity contribution in [2.24, 2.45) is 0 Å². The molecular formula is C17H24N2O4. The highest BCUT2D eigenvalue weighted by molar-refractivity contribution is 5.78. The second-order valence-corrected chi connectivity index (χ2v) is 5.52. The zero-order valence-corrected chi connectivity index (χ0v) is 13.7. The van der Waals surface area contributed by atoms with Gasteiger partial charge < -0.3 is 19.7 Å². The fourth-order valence-corrected chi connectivity index (χ4v) is 2.57. The number of carbonyl (C=O) groups excluding carboxylic acids is 2. The molecule has 0 unspecified atom stereocenters. The first-order valence-corrected chi connectivity index (χ1v) is 7.97. The van der Waals surface area contributed by atoms with Gasteiger partial charge in [0.2, 0.25) is 5.91 Å². The van der Waals surface area contributed by atoms with Gasteiger partial charge in [-0.05, 0) is 25.0 Å². The number of likely N-dealkylation sites (tertiary alicyclic amines) is 1. The van der Waals surface area contributed by atoms with Gasteiger partial charge in [0.05, 0.1) is 7.11 Å². The molecule has 0 aliphatic carbocycles. The quantitative estimate of drug-likeness (QED) is 0.864. The first-order chi connectivity index (χ1) is 11.1. The molecule has 6 heteroatoms. The van der Waals surface area contributed by atoms with Gasteiger partial charge in [0.25, 0.3) is 5.91 Å². The lowest BCUT2D eigenvalue weighted by molar-refractivity contribution is -0.134. The van der Waals surface area contributed by atoms with Crippen molar-refractivity contribution < 1.29 is 19.1 Å². The molecule has 1 N–H and O–H groups in total. The minimum Gasteiger partial charge on any atom is -0.493 e. The molecule has 126 valence electrons. The van der Waals surface area contributed by atoms with Crippen LogP contribution in [-0.2, 0) is 9.59 Å². The fraction of sp³-hybridized carbons (Fsp3) is 0.529. The molecule has 0 radical (unpaired) electrons. The van der Waals surface area contributed by atoms with E-state index < -0.39 is 0 Å². The number of para-hydroxylation sites is 2. The molecule has 6 nitrogen and oxygen atoms in total. The molecule has 1 aliphatic heterocycles. The molecule has 1 saturated heterocycles. The molecule has 1 aromatic rings. The Morgan fingerprint density at radius 1 is 1.22 bits per heavy atom. The SMILES string of the molecule is CCC(=O)NC1CCN(C(=O)COc2ccccc2OC)CC1. The lowest BCUT2D eigenvalue weighted by Gasteiger charge is -2.32. The summed E-state index contributed by atoms with van der Waals surface area (Å²) in [6, 6.07) is 7.43. The van der Waals surface area contributed by atoms with Gasteiger partial charge in [-0.1, -0.05) is 19.1 Å². The monoisotopic (exact) mass is 320 g/mol. The van der Waals surface area contributed by atoms with E-state index in [2.05, 4.69) is 5.32 Å². The van der Waals surface area contributed by atoms with E-state index in [1.807, 2.05) is 19.1 Å². The van der Waals surface area contributed by atoms with E-state index in [-0.39, 0.29) is 24.5 Å². The molecule has 1 fully saturated rings. The second kappa shape index (κ2) is 8.41. The summed E-state index contributed by atoms with van der Waals surface area (Å²) in [5.74, 6) is 1.19. The van der Waals surface area contributed by atoms with Crippen LogP contribution in [-0.4, -0.2) is 49.6 Å². The van der Waals surface area contributed by atoms with E-state index in [0.717, 1.165) is 12.8 Å². The summed E-state index contributed by atoms with van der Waals surface area (Å²) in [7, 11) is 1.57. The molecule has 1 heterocycles. The number of hydrogen-bond donors (Lipinski definition) is 1. The maximum Gasteiger partial charge on any atom is 0.260 e. The smallest absolute Gasteiger partial charge is 0.260 e. The van der Waals surface area contributed by atoms with Crippen LogP contribution in [0.1, 0.15) is 26.2 Å². The van der Waals surface area contributed by atoms with Crippen molar-refractivity contribution in [1.29, 1.82) is 0 Å². The Hall–Kier alpha value is -2.24. The number of piperidine rings is 1. The van der Waals surface area contributed by atoms with Gasteiger partial charge in [-0.25, -0.2) is 0 Å². The molecule has 1 aromatic carbocycles. The van der Waals surface area contributed by atoms with Crippen LogP contribution in [0.5, 0.6) is 11.5 Å². The zero-order chi connectivity index (χ0) is 16.7. The highest BCUT2D eigenvalue weighted by atomic mass is 16.5. The van der Waals surface area contributed by atoms with E-state index in [9.17, 15) is 9.59 Å². The molecule has 2 amide bonds. The van der Waals surface area contributed by atoms with Crippen molar-refractivity contribution >= 4 is 11.8 Å². The summed E-state index contributed by atoms with van der Waals surface area (Å²) in [5, 5.41) is 2.98. The number of ether oxygens (including phenoxy) is 2. The van der Waals surface area contributed by atoms with E-state index >= 15 is 0 Å². The largest absolute Gasteiger partial charge is 0.493 e. The summed E-state index contributed by atoms with van der Waals surface area (Å²) < 4.78 is 10.8. The number of benzene rings is 1. The van der Waals surface area contributed by atoms with E-state index in [4.69, 9.17) is 9.47 Å². The van der Waals surface area contributed by atoms with Gasteiger partial charge in [0.1, 0.15) is 0 Å². The zero-order valence-electron chi connectivity index (χ0n) is 13.7. The van der Waals surface area contributed by atoms with Gasteiger partial charge >= 0.3 is 0 Å². The number of rotatable bonds is 6. The molecule has 1 aliphatic rings. The average molecular weight is 320 g/mol. The van der Waals surface area contributed by atoms with Gasteiger partial charge in [-0.2, -0.15) is 0 Å². The maximum atomic E-state index is 12.2. The second-order valence-electron chi connectivity index (χ2n) is 5.52. The normalized spacial score (nSPS) is 15.1. The van der Waals surface area contributed by atoms with Crippen LogP contribution < -0.4 is 14.8 Å². The molecule has 0 aromatic heterocycles. The summed E-state index contributed by atoms with van der Waals surface area (Å²) in [5.41, 5.74) is 0. The average Bonchev–Trinajstić information content (AvgIpc) is 2.60. The van der Waals surface area contributed by atoms with E-state index in [1.165, 1.54) is 0 Å². The van der Waals surface area contributed by atoms with Crippen LogP contribution in [0.2, 0.25) is 0 Å². The van der Waals surface area contributed by atoms with Crippen molar-refractivity contribution in [2.45, 2.75) is 32.2 Å². The van der Waals surface area contributed by atoms with Crippen molar-refractivity contribution in [3.63, 3.8) is 0 Å². The minimum absolute atomic E-state index is 0.00758. The van der Waals surface area contributed by atoms with Gasteiger partial charge in [-0.3, -0.25) is 9.59 Å². The fourth-order valence-electron chi connectivity index (χ4n) is 2.57. The molecule has 0 spiro atoms. The van der Waals surface area contributed by atoms with Crippen molar-refractivity contribution in [2.75, 3.05) is 26.8 Å². The lowest BCUT2D eigenvalue weighted by Crippen LogP contribution is -2.47. The number of hydrogen-bond acceptors (Lipinski definition) is 4. The number of nitrogens with zero attached hydrogens (tertiary/aromatic N) is 1. The summed E-state index contributed by atoms with van der Waals surface area (Å²) in [6.07, 6.45) is 2.06. The first-order valence-electron chi connectivity index (χ1n) is 7.97. The molecular weight excluding hydrogens is 296 g/mol. The third kappa shape index (κ3) is 4.87. The van der Waals surface area contributed by atoms with Crippen molar-refractivity contribution in [3.05, 3.63) is 24.3 Å².